The lowest BCUT2D eigenvalue weighted by Crippen LogP contribution is -2.14. The fourth-order valence-electron chi connectivity index (χ4n) is 2.15. The fourth-order valence-corrected chi connectivity index (χ4v) is 2.37. The molecule has 0 unspecified atom stereocenters. The molecule has 0 aliphatic carbocycles. The average molecular weight is 293 g/mol. The summed E-state index contributed by atoms with van der Waals surface area (Å²) < 4.78 is 14.2. The Labute approximate surface area is 124 Å². The van der Waals surface area contributed by atoms with Crippen LogP contribution in [0.15, 0.2) is 36.4 Å². The van der Waals surface area contributed by atoms with Gasteiger partial charge in [0.05, 0.1) is 11.6 Å². The van der Waals surface area contributed by atoms with Crippen LogP contribution in [0.25, 0.3) is 11.1 Å². The van der Waals surface area contributed by atoms with Crippen molar-refractivity contribution in [1.82, 2.24) is 0 Å². The molecule has 2 aromatic rings. The van der Waals surface area contributed by atoms with E-state index in [9.17, 15) is 9.50 Å². The van der Waals surface area contributed by atoms with Crippen LogP contribution < -0.4 is 0 Å². The highest BCUT2D eigenvalue weighted by Gasteiger charge is 2.21. The third kappa shape index (κ3) is 3.02. The van der Waals surface area contributed by atoms with Crippen molar-refractivity contribution < 1.29 is 9.50 Å². The van der Waals surface area contributed by atoms with Gasteiger partial charge in [0.1, 0.15) is 5.82 Å². The van der Waals surface area contributed by atoms with E-state index in [0.29, 0.717) is 5.56 Å². The Balaban J connectivity index is 2.60. The zero-order chi connectivity index (χ0) is 14.9. The topological polar surface area (TPSA) is 20.2 Å². The van der Waals surface area contributed by atoms with E-state index in [-0.39, 0.29) is 22.9 Å². The van der Waals surface area contributed by atoms with Gasteiger partial charge in [-0.1, -0.05) is 50.6 Å². The zero-order valence-corrected chi connectivity index (χ0v) is 12.6. The van der Waals surface area contributed by atoms with Crippen molar-refractivity contribution in [3.63, 3.8) is 0 Å². The number of aliphatic hydroxyl groups excluding tert-OH is 1. The van der Waals surface area contributed by atoms with Gasteiger partial charge in [-0.2, -0.15) is 0 Å². The van der Waals surface area contributed by atoms with Gasteiger partial charge < -0.3 is 5.11 Å². The van der Waals surface area contributed by atoms with E-state index in [1.165, 1.54) is 0 Å². The molecule has 3 heteroatoms. The van der Waals surface area contributed by atoms with Gasteiger partial charge in [-0.3, -0.25) is 0 Å². The van der Waals surface area contributed by atoms with Gasteiger partial charge in [-0.25, -0.2) is 4.39 Å². The maximum absolute atomic E-state index is 14.2. The first-order valence-electron chi connectivity index (χ1n) is 6.52. The van der Waals surface area contributed by atoms with Crippen molar-refractivity contribution in [3.05, 3.63) is 58.4 Å². The normalized spacial score (nSPS) is 11.7. The smallest absolute Gasteiger partial charge is 0.145 e. The Morgan fingerprint density at radius 2 is 1.80 bits per heavy atom. The zero-order valence-electron chi connectivity index (χ0n) is 11.9. The predicted molar refractivity (Wildman–Crippen MR) is 81.5 cm³/mol. The van der Waals surface area contributed by atoms with Gasteiger partial charge in [0, 0.05) is 0 Å². The second-order valence-electron chi connectivity index (χ2n) is 5.93. The summed E-state index contributed by atoms with van der Waals surface area (Å²) in [5.41, 5.74) is 2.87. The van der Waals surface area contributed by atoms with Crippen molar-refractivity contribution in [2.45, 2.75) is 32.8 Å². The number of hydrogen-bond donors (Lipinski definition) is 1. The molecule has 0 fully saturated rings. The lowest BCUT2D eigenvalue weighted by atomic mass is 9.85. The first-order valence-corrected chi connectivity index (χ1v) is 6.90. The van der Waals surface area contributed by atoms with Crippen molar-refractivity contribution >= 4 is 11.6 Å². The Morgan fingerprint density at radius 1 is 1.10 bits per heavy atom. The maximum atomic E-state index is 14.2. The summed E-state index contributed by atoms with van der Waals surface area (Å²) in [5.74, 6) is -0.360. The molecule has 0 spiro atoms. The summed E-state index contributed by atoms with van der Waals surface area (Å²) in [6.07, 6.45) is 0. The number of rotatable bonds is 2. The van der Waals surface area contributed by atoms with Gasteiger partial charge in [0.15, 0.2) is 0 Å². The maximum Gasteiger partial charge on any atom is 0.145 e. The number of halogens is 2. The standard InChI is InChI=1S/C17H18ClFO/c1-17(2,3)14-8-13(9-15(18)16(14)19)12-6-4-5-11(7-12)10-20/h4-9,20H,10H2,1-3H3. The molecular weight excluding hydrogens is 275 g/mol. The second kappa shape index (κ2) is 5.55. The minimum absolute atomic E-state index is 0.0190. The van der Waals surface area contributed by atoms with Crippen LogP contribution in [0.4, 0.5) is 4.39 Å². The van der Waals surface area contributed by atoms with Crippen molar-refractivity contribution in [1.29, 1.82) is 0 Å². The summed E-state index contributed by atoms with van der Waals surface area (Å²) in [6, 6.07) is 11.0. The Bertz CT molecular complexity index is 629. The van der Waals surface area contributed by atoms with E-state index in [1.54, 1.807) is 6.07 Å². The molecule has 0 saturated carbocycles. The van der Waals surface area contributed by atoms with Crippen LogP contribution in [0.3, 0.4) is 0 Å². The molecule has 1 nitrogen and oxygen atoms in total. The molecule has 0 heterocycles. The Hall–Kier alpha value is -1.38. The van der Waals surface area contributed by atoms with Crippen molar-refractivity contribution in [2.24, 2.45) is 0 Å². The molecule has 0 aromatic heterocycles. The van der Waals surface area contributed by atoms with Crippen LogP contribution in [-0.4, -0.2) is 5.11 Å². The van der Waals surface area contributed by atoms with E-state index in [1.807, 2.05) is 51.1 Å². The first kappa shape index (κ1) is 15.0. The summed E-state index contributed by atoms with van der Waals surface area (Å²) in [4.78, 5) is 0. The van der Waals surface area contributed by atoms with Crippen LogP contribution in [0.5, 0.6) is 0 Å². The average Bonchev–Trinajstić information content (AvgIpc) is 2.40. The molecule has 2 aromatic carbocycles. The molecule has 0 aliphatic rings. The molecule has 0 radical (unpaired) electrons. The molecule has 0 aliphatic heterocycles. The number of benzene rings is 2. The molecule has 2 rings (SSSR count). The highest BCUT2D eigenvalue weighted by Crippen LogP contribution is 2.34. The van der Waals surface area contributed by atoms with E-state index >= 15 is 0 Å². The van der Waals surface area contributed by atoms with Crippen LogP contribution in [0.1, 0.15) is 31.9 Å². The van der Waals surface area contributed by atoms with Gasteiger partial charge in [-0.15, -0.1) is 0 Å². The highest BCUT2D eigenvalue weighted by atomic mass is 35.5. The molecule has 1 N–H and O–H groups in total. The van der Waals surface area contributed by atoms with Gasteiger partial charge in [-0.05, 0) is 45.9 Å². The molecule has 0 bridgehead atoms. The van der Waals surface area contributed by atoms with E-state index in [0.717, 1.165) is 16.7 Å². The molecular formula is C17H18ClFO. The largest absolute Gasteiger partial charge is 0.392 e. The SMILES string of the molecule is CC(C)(C)c1cc(-c2cccc(CO)c2)cc(Cl)c1F. The first-order chi connectivity index (χ1) is 9.32. The Kier molecular flexibility index (Phi) is 4.17. The highest BCUT2D eigenvalue weighted by molar-refractivity contribution is 6.31. The fraction of sp³-hybridized carbons (Fsp3) is 0.294. The number of aliphatic hydroxyl groups is 1. The minimum atomic E-state index is -0.360. The summed E-state index contributed by atoms with van der Waals surface area (Å²) in [6.45, 7) is 5.84. The van der Waals surface area contributed by atoms with Crippen LogP contribution in [0, 0.1) is 5.82 Å². The van der Waals surface area contributed by atoms with Gasteiger partial charge in [0.2, 0.25) is 0 Å². The molecule has 0 amide bonds. The van der Waals surface area contributed by atoms with E-state index in [4.69, 9.17) is 11.6 Å². The summed E-state index contributed by atoms with van der Waals surface area (Å²) in [7, 11) is 0. The third-order valence-electron chi connectivity index (χ3n) is 3.28. The van der Waals surface area contributed by atoms with E-state index < -0.39 is 0 Å². The van der Waals surface area contributed by atoms with Crippen molar-refractivity contribution in [2.75, 3.05) is 0 Å². The lowest BCUT2D eigenvalue weighted by molar-refractivity contribution is 0.282. The monoisotopic (exact) mass is 292 g/mol. The Morgan fingerprint density at radius 3 is 2.40 bits per heavy atom. The van der Waals surface area contributed by atoms with E-state index in [2.05, 4.69) is 0 Å². The molecule has 20 heavy (non-hydrogen) atoms. The molecule has 0 saturated heterocycles. The minimum Gasteiger partial charge on any atom is -0.392 e. The third-order valence-corrected chi connectivity index (χ3v) is 3.55. The summed E-state index contributed by atoms with van der Waals surface area (Å²) >= 11 is 6.02. The van der Waals surface area contributed by atoms with Crippen LogP contribution in [0.2, 0.25) is 5.02 Å². The second-order valence-corrected chi connectivity index (χ2v) is 6.34. The quantitative estimate of drug-likeness (QED) is 0.831. The lowest BCUT2D eigenvalue weighted by Gasteiger charge is -2.21. The van der Waals surface area contributed by atoms with Gasteiger partial charge >= 0.3 is 0 Å². The predicted octanol–water partition coefficient (Wildman–Crippen LogP) is 4.94. The van der Waals surface area contributed by atoms with Crippen LogP contribution >= 0.6 is 11.6 Å². The van der Waals surface area contributed by atoms with Gasteiger partial charge in [0.25, 0.3) is 0 Å². The summed E-state index contributed by atoms with van der Waals surface area (Å²) in [5, 5.41) is 9.33. The van der Waals surface area contributed by atoms with Crippen molar-refractivity contribution in [3.8, 4) is 11.1 Å². The molecule has 0 atom stereocenters. The number of hydrogen-bond acceptors (Lipinski definition) is 1. The molecule has 106 valence electrons. The van der Waals surface area contributed by atoms with Crippen LogP contribution in [-0.2, 0) is 12.0 Å².